The lowest BCUT2D eigenvalue weighted by atomic mass is 10.2. The maximum atomic E-state index is 12.6. The van der Waals surface area contributed by atoms with Gasteiger partial charge in [0.15, 0.2) is 0 Å². The summed E-state index contributed by atoms with van der Waals surface area (Å²) < 4.78 is 5.64. The van der Waals surface area contributed by atoms with Crippen LogP contribution in [-0.2, 0) is 16.1 Å². The van der Waals surface area contributed by atoms with Crippen LogP contribution < -0.4 is 16.2 Å². The number of hydrogen-bond acceptors (Lipinski definition) is 7. The van der Waals surface area contributed by atoms with Gasteiger partial charge in [0.05, 0.1) is 24.2 Å². The largest absolute Gasteiger partial charge is 0.444 e. The Labute approximate surface area is 190 Å². The van der Waals surface area contributed by atoms with E-state index in [2.05, 4.69) is 25.7 Å². The molecule has 33 heavy (non-hydrogen) atoms. The first-order chi connectivity index (χ1) is 15.9. The zero-order valence-corrected chi connectivity index (χ0v) is 18.8. The standard InChI is InChI=1S/C23H28N6O4/c1-15-20-16(2)33-23(21(20)22(32)27-26-15)25-19(31)14-29-10-8-28(9-11-29)13-18(30)24-12-17-6-4-3-5-7-17/h3-7H,8-14H2,1-2H3,(H,24,30)(H,25,31)(H,27,32). The summed E-state index contributed by atoms with van der Waals surface area (Å²) in [5, 5.41) is 13.0. The van der Waals surface area contributed by atoms with Crippen LogP contribution >= 0.6 is 0 Å². The Hall–Kier alpha value is -3.50. The van der Waals surface area contributed by atoms with Crippen molar-refractivity contribution in [2.45, 2.75) is 20.4 Å². The van der Waals surface area contributed by atoms with Gasteiger partial charge in [-0.2, -0.15) is 5.10 Å². The average Bonchev–Trinajstić information content (AvgIpc) is 3.13. The summed E-state index contributed by atoms with van der Waals surface area (Å²) in [4.78, 5) is 41.1. The number of aromatic nitrogens is 2. The van der Waals surface area contributed by atoms with E-state index in [0.29, 0.717) is 61.5 Å². The maximum absolute atomic E-state index is 12.6. The van der Waals surface area contributed by atoms with Gasteiger partial charge in [-0.25, -0.2) is 5.10 Å². The minimum Gasteiger partial charge on any atom is -0.444 e. The molecule has 3 aromatic rings. The summed E-state index contributed by atoms with van der Waals surface area (Å²) in [6.07, 6.45) is 0. The fourth-order valence-electron chi connectivity index (χ4n) is 4.06. The lowest BCUT2D eigenvalue weighted by Gasteiger charge is -2.33. The maximum Gasteiger partial charge on any atom is 0.277 e. The number of rotatable bonds is 7. The number of hydrogen-bond donors (Lipinski definition) is 3. The van der Waals surface area contributed by atoms with Crippen molar-refractivity contribution in [1.82, 2.24) is 25.3 Å². The normalized spacial score (nSPS) is 15.0. The highest BCUT2D eigenvalue weighted by Gasteiger charge is 2.23. The highest BCUT2D eigenvalue weighted by molar-refractivity contribution is 6.01. The zero-order valence-electron chi connectivity index (χ0n) is 18.8. The molecule has 1 fully saturated rings. The van der Waals surface area contributed by atoms with Crippen LogP contribution in [0.2, 0.25) is 0 Å². The molecule has 1 aliphatic rings. The van der Waals surface area contributed by atoms with Gasteiger partial charge in [-0.1, -0.05) is 30.3 Å². The number of piperazine rings is 1. The molecule has 3 N–H and O–H groups in total. The highest BCUT2D eigenvalue weighted by Crippen LogP contribution is 2.28. The van der Waals surface area contributed by atoms with Crippen LogP contribution in [0.15, 0.2) is 39.5 Å². The molecule has 0 saturated carbocycles. The van der Waals surface area contributed by atoms with Crippen molar-refractivity contribution >= 4 is 28.5 Å². The average molecular weight is 453 g/mol. The number of anilines is 1. The van der Waals surface area contributed by atoms with Gasteiger partial charge >= 0.3 is 0 Å². The van der Waals surface area contributed by atoms with E-state index in [1.54, 1.807) is 13.8 Å². The number of H-pyrrole nitrogens is 1. The van der Waals surface area contributed by atoms with Gasteiger partial charge in [0.25, 0.3) is 5.56 Å². The summed E-state index contributed by atoms with van der Waals surface area (Å²) in [5.41, 5.74) is 1.30. The summed E-state index contributed by atoms with van der Waals surface area (Å²) in [6, 6.07) is 9.79. The number of benzene rings is 1. The number of carbonyl (C=O) groups is 2. The van der Waals surface area contributed by atoms with E-state index in [-0.39, 0.29) is 24.2 Å². The van der Waals surface area contributed by atoms with E-state index in [1.165, 1.54) is 0 Å². The summed E-state index contributed by atoms with van der Waals surface area (Å²) in [5.74, 6) is 0.414. The first-order valence-electron chi connectivity index (χ1n) is 10.9. The topological polar surface area (TPSA) is 124 Å². The highest BCUT2D eigenvalue weighted by atomic mass is 16.4. The van der Waals surface area contributed by atoms with Crippen molar-refractivity contribution < 1.29 is 14.0 Å². The Balaban J connectivity index is 1.24. The van der Waals surface area contributed by atoms with Crippen molar-refractivity contribution in [2.24, 2.45) is 0 Å². The molecule has 0 aliphatic carbocycles. The van der Waals surface area contributed by atoms with E-state index < -0.39 is 5.56 Å². The second-order valence-electron chi connectivity index (χ2n) is 8.24. The summed E-state index contributed by atoms with van der Waals surface area (Å²) >= 11 is 0. The Morgan fingerprint density at radius 1 is 1.00 bits per heavy atom. The second-order valence-corrected chi connectivity index (χ2v) is 8.24. The van der Waals surface area contributed by atoms with Crippen LogP contribution in [0.3, 0.4) is 0 Å². The van der Waals surface area contributed by atoms with Gasteiger partial charge in [-0.3, -0.25) is 29.5 Å². The number of furan rings is 1. The molecule has 0 spiro atoms. The molecule has 1 aromatic carbocycles. The summed E-state index contributed by atoms with van der Waals surface area (Å²) in [7, 11) is 0. The first kappa shape index (κ1) is 22.7. The minimum atomic E-state index is -0.401. The van der Waals surface area contributed by atoms with Crippen LogP contribution in [0, 0.1) is 13.8 Å². The Kier molecular flexibility index (Phi) is 6.85. The smallest absolute Gasteiger partial charge is 0.277 e. The molecule has 3 heterocycles. The fraction of sp³-hybridized carbons (Fsp3) is 0.391. The van der Waals surface area contributed by atoms with E-state index in [9.17, 15) is 14.4 Å². The Morgan fingerprint density at radius 3 is 2.30 bits per heavy atom. The number of aromatic amines is 1. The molecule has 0 bridgehead atoms. The van der Waals surface area contributed by atoms with Crippen molar-refractivity contribution in [1.29, 1.82) is 0 Å². The van der Waals surface area contributed by atoms with Crippen molar-refractivity contribution in [3.63, 3.8) is 0 Å². The number of carbonyl (C=O) groups excluding carboxylic acids is 2. The fourth-order valence-corrected chi connectivity index (χ4v) is 4.06. The van der Waals surface area contributed by atoms with Gasteiger partial charge in [0, 0.05) is 32.7 Å². The molecule has 4 rings (SSSR count). The third-order valence-electron chi connectivity index (χ3n) is 5.78. The summed E-state index contributed by atoms with van der Waals surface area (Å²) in [6.45, 7) is 7.26. The van der Waals surface area contributed by atoms with Gasteiger partial charge in [0.2, 0.25) is 17.7 Å². The first-order valence-corrected chi connectivity index (χ1v) is 10.9. The van der Waals surface area contributed by atoms with E-state index in [1.807, 2.05) is 35.2 Å². The molecule has 2 amide bonds. The number of fused-ring (bicyclic) bond motifs is 1. The zero-order chi connectivity index (χ0) is 23.4. The molecule has 0 radical (unpaired) electrons. The van der Waals surface area contributed by atoms with Crippen LogP contribution in [0.1, 0.15) is 17.0 Å². The minimum absolute atomic E-state index is 0.0138. The predicted molar refractivity (Wildman–Crippen MR) is 124 cm³/mol. The number of aryl methyl sites for hydroxylation is 2. The molecule has 10 nitrogen and oxygen atoms in total. The van der Waals surface area contributed by atoms with E-state index in [0.717, 1.165) is 5.56 Å². The number of nitrogens with one attached hydrogen (secondary N) is 3. The Bertz CT molecular complexity index is 1190. The molecular formula is C23H28N6O4. The number of nitrogens with zero attached hydrogens (tertiary/aromatic N) is 3. The number of amides is 2. The predicted octanol–water partition coefficient (Wildman–Crippen LogP) is 1.01. The monoisotopic (exact) mass is 452 g/mol. The third-order valence-corrected chi connectivity index (χ3v) is 5.78. The molecule has 0 atom stereocenters. The van der Waals surface area contributed by atoms with E-state index >= 15 is 0 Å². The molecule has 0 unspecified atom stereocenters. The van der Waals surface area contributed by atoms with Crippen LogP contribution in [0.25, 0.3) is 10.8 Å². The van der Waals surface area contributed by atoms with Gasteiger partial charge < -0.3 is 9.73 Å². The van der Waals surface area contributed by atoms with Crippen LogP contribution in [0.5, 0.6) is 0 Å². The molecule has 1 aliphatic heterocycles. The van der Waals surface area contributed by atoms with E-state index in [4.69, 9.17) is 4.42 Å². The SMILES string of the molecule is Cc1n[nH]c(=O)c2c(NC(=O)CN3CCN(CC(=O)NCc4ccccc4)CC3)oc(C)c12. The lowest BCUT2D eigenvalue weighted by molar-refractivity contribution is -0.123. The van der Waals surface area contributed by atoms with Crippen molar-refractivity contribution in [3.05, 3.63) is 57.7 Å². The van der Waals surface area contributed by atoms with Gasteiger partial charge in [-0.05, 0) is 19.4 Å². The van der Waals surface area contributed by atoms with Crippen LogP contribution in [-0.4, -0.2) is 71.1 Å². The quantitative estimate of drug-likeness (QED) is 0.489. The van der Waals surface area contributed by atoms with Gasteiger partial charge in [0.1, 0.15) is 11.1 Å². The Morgan fingerprint density at radius 2 is 1.64 bits per heavy atom. The molecular weight excluding hydrogens is 424 g/mol. The van der Waals surface area contributed by atoms with Crippen molar-refractivity contribution in [2.75, 3.05) is 44.6 Å². The van der Waals surface area contributed by atoms with Gasteiger partial charge in [-0.15, -0.1) is 0 Å². The third kappa shape index (κ3) is 5.47. The molecule has 10 heteroatoms. The van der Waals surface area contributed by atoms with Crippen LogP contribution in [0.4, 0.5) is 5.88 Å². The molecule has 174 valence electrons. The molecule has 2 aromatic heterocycles. The molecule has 1 saturated heterocycles. The van der Waals surface area contributed by atoms with Crippen molar-refractivity contribution in [3.8, 4) is 0 Å². The second kappa shape index (κ2) is 9.97. The lowest BCUT2D eigenvalue weighted by Crippen LogP contribution is -2.50.